The molecule has 1 unspecified atom stereocenters. The van der Waals surface area contributed by atoms with Crippen molar-refractivity contribution < 1.29 is 9.90 Å². The van der Waals surface area contributed by atoms with Crippen LogP contribution in [0.2, 0.25) is 0 Å². The van der Waals surface area contributed by atoms with Gasteiger partial charge in [0.15, 0.2) is 0 Å². The third-order valence-corrected chi connectivity index (χ3v) is 5.74. The van der Waals surface area contributed by atoms with Gasteiger partial charge in [-0.2, -0.15) is 0 Å². The lowest BCUT2D eigenvalue weighted by Crippen LogP contribution is -2.40. The number of aliphatic hydroxyl groups is 1. The van der Waals surface area contributed by atoms with Crippen LogP contribution >= 0.6 is 15.9 Å². The van der Waals surface area contributed by atoms with Crippen LogP contribution in [0.5, 0.6) is 0 Å². The maximum Gasteiger partial charge on any atom is 0.329 e. The predicted molar refractivity (Wildman–Crippen MR) is 112 cm³/mol. The summed E-state index contributed by atoms with van der Waals surface area (Å²) in [6.45, 7) is 11.4. The maximum absolute atomic E-state index is 12.5. The fraction of sp³-hybridized carbons (Fsp3) is 0.500. The fourth-order valence-corrected chi connectivity index (χ4v) is 3.32. The van der Waals surface area contributed by atoms with Gasteiger partial charge in [0.05, 0.1) is 16.6 Å². The van der Waals surface area contributed by atoms with Gasteiger partial charge in [-0.1, -0.05) is 26.5 Å². The zero-order valence-corrected chi connectivity index (χ0v) is 18.1. The molecule has 6 nitrogen and oxygen atoms in total. The molecule has 27 heavy (non-hydrogen) atoms. The van der Waals surface area contributed by atoms with Gasteiger partial charge in [-0.15, -0.1) is 0 Å². The number of allylic oxidation sites excluding steroid dienone is 1. The number of hydrogen-bond acceptors (Lipinski definition) is 3. The molecule has 1 fully saturated rings. The highest BCUT2D eigenvalue weighted by Crippen LogP contribution is 2.28. The van der Waals surface area contributed by atoms with E-state index in [9.17, 15) is 9.59 Å². The minimum absolute atomic E-state index is 0.171. The molecule has 1 aromatic carbocycles. The zero-order valence-electron chi connectivity index (χ0n) is 16.5. The standard InChI is InChI=1S/C14H14BrN3O2.C6H14O/c1-8-6-7-11(13(19)16-8)18-10-5-3-4-9(15)12(10)17(2)14(18)20;1-5(2)6(3,4)7/h3-5,11H,1,6-7H2,2H3,(H,16,19);5,7H,1-4H3. The molecule has 0 aliphatic carbocycles. The van der Waals surface area contributed by atoms with Crippen molar-refractivity contribution in [3.05, 3.63) is 45.4 Å². The van der Waals surface area contributed by atoms with Crippen LogP contribution in [0.15, 0.2) is 39.7 Å². The van der Waals surface area contributed by atoms with E-state index in [2.05, 4.69) is 27.8 Å². The van der Waals surface area contributed by atoms with E-state index in [1.54, 1.807) is 16.2 Å². The Morgan fingerprint density at radius 2 is 1.93 bits per heavy atom. The van der Waals surface area contributed by atoms with Crippen LogP contribution < -0.4 is 11.0 Å². The first kappa shape index (κ1) is 21.4. The monoisotopic (exact) mass is 437 g/mol. The van der Waals surface area contributed by atoms with Crippen molar-refractivity contribution in [2.45, 2.75) is 52.2 Å². The molecule has 3 rings (SSSR count). The first-order valence-electron chi connectivity index (χ1n) is 9.01. The molecular weight excluding hydrogens is 410 g/mol. The summed E-state index contributed by atoms with van der Waals surface area (Å²) >= 11 is 3.46. The zero-order chi connectivity index (χ0) is 20.5. The molecule has 1 amide bonds. The molecule has 0 saturated carbocycles. The number of carbonyl (C=O) groups excluding carboxylic acids is 1. The van der Waals surface area contributed by atoms with Crippen molar-refractivity contribution in [3.8, 4) is 0 Å². The Balaban J connectivity index is 0.000000321. The van der Waals surface area contributed by atoms with Gasteiger partial charge in [-0.3, -0.25) is 13.9 Å². The topological polar surface area (TPSA) is 76.3 Å². The van der Waals surface area contributed by atoms with E-state index in [1.165, 1.54) is 0 Å². The molecule has 2 N–H and O–H groups in total. The van der Waals surface area contributed by atoms with Gasteiger partial charge in [0.25, 0.3) is 0 Å². The summed E-state index contributed by atoms with van der Waals surface area (Å²) in [7, 11) is 1.71. The molecule has 1 saturated heterocycles. The van der Waals surface area contributed by atoms with Crippen LogP contribution in [0.25, 0.3) is 11.0 Å². The summed E-state index contributed by atoms with van der Waals surface area (Å²) in [6, 6.07) is 5.13. The quantitative estimate of drug-likeness (QED) is 0.754. The van der Waals surface area contributed by atoms with Crippen LogP contribution in [0.4, 0.5) is 0 Å². The minimum Gasteiger partial charge on any atom is -0.390 e. The van der Waals surface area contributed by atoms with Gasteiger partial charge < -0.3 is 10.4 Å². The summed E-state index contributed by atoms with van der Waals surface area (Å²) < 4.78 is 3.98. The number of carbonyl (C=O) groups is 1. The van der Waals surface area contributed by atoms with Gasteiger partial charge in [-0.05, 0) is 60.7 Å². The lowest BCUT2D eigenvalue weighted by molar-refractivity contribution is -0.124. The van der Waals surface area contributed by atoms with Crippen molar-refractivity contribution in [2.75, 3.05) is 0 Å². The van der Waals surface area contributed by atoms with Crippen LogP contribution in [-0.2, 0) is 11.8 Å². The number of hydrogen-bond donors (Lipinski definition) is 2. The van der Waals surface area contributed by atoms with Crippen molar-refractivity contribution in [3.63, 3.8) is 0 Å². The lowest BCUT2D eigenvalue weighted by Gasteiger charge is -2.24. The van der Waals surface area contributed by atoms with Crippen molar-refractivity contribution in [1.29, 1.82) is 0 Å². The number of nitrogens with zero attached hydrogens (tertiary/aromatic N) is 2. The van der Waals surface area contributed by atoms with Crippen molar-refractivity contribution >= 4 is 32.9 Å². The highest BCUT2D eigenvalue weighted by Gasteiger charge is 2.29. The normalized spacial score (nSPS) is 17.7. The van der Waals surface area contributed by atoms with Gasteiger partial charge >= 0.3 is 5.69 Å². The number of para-hydroxylation sites is 1. The number of nitrogens with one attached hydrogen (secondary N) is 1. The van der Waals surface area contributed by atoms with Crippen LogP contribution in [0.1, 0.15) is 46.6 Å². The maximum atomic E-state index is 12.5. The van der Waals surface area contributed by atoms with Crippen LogP contribution in [0.3, 0.4) is 0 Å². The van der Waals surface area contributed by atoms with E-state index in [-0.39, 0.29) is 11.6 Å². The fourth-order valence-electron chi connectivity index (χ4n) is 2.70. The second-order valence-electron chi connectivity index (χ2n) is 7.77. The Labute approximate surface area is 168 Å². The van der Waals surface area contributed by atoms with E-state index in [4.69, 9.17) is 5.11 Å². The third-order valence-electron chi connectivity index (χ3n) is 5.10. The summed E-state index contributed by atoms with van der Waals surface area (Å²) in [5, 5.41) is 11.8. The Morgan fingerprint density at radius 1 is 1.33 bits per heavy atom. The van der Waals surface area contributed by atoms with Crippen molar-refractivity contribution in [2.24, 2.45) is 13.0 Å². The number of halogens is 1. The number of imidazole rings is 1. The number of aromatic nitrogens is 2. The third kappa shape index (κ3) is 4.52. The Bertz CT molecular complexity index is 919. The van der Waals surface area contributed by atoms with Gasteiger partial charge in [0.1, 0.15) is 6.04 Å². The molecule has 0 bridgehead atoms. The number of piperidine rings is 1. The molecule has 2 aromatic rings. The second-order valence-corrected chi connectivity index (χ2v) is 8.63. The number of amides is 1. The largest absolute Gasteiger partial charge is 0.390 e. The van der Waals surface area contributed by atoms with E-state index in [1.807, 2.05) is 45.9 Å². The van der Waals surface area contributed by atoms with Crippen LogP contribution in [-0.4, -0.2) is 25.7 Å². The first-order chi connectivity index (χ1) is 12.4. The smallest absolute Gasteiger partial charge is 0.329 e. The summed E-state index contributed by atoms with van der Waals surface area (Å²) in [4.78, 5) is 24.6. The van der Waals surface area contributed by atoms with Gasteiger partial charge in [0.2, 0.25) is 5.91 Å². The number of rotatable bonds is 2. The second kappa shape index (κ2) is 8.02. The molecule has 1 aliphatic rings. The summed E-state index contributed by atoms with van der Waals surface area (Å²) in [5.74, 6) is 0.184. The molecule has 1 atom stereocenters. The average Bonchev–Trinajstić information content (AvgIpc) is 2.80. The van der Waals surface area contributed by atoms with Crippen molar-refractivity contribution in [1.82, 2.24) is 14.5 Å². The van der Waals surface area contributed by atoms with E-state index < -0.39 is 11.6 Å². The Morgan fingerprint density at radius 3 is 2.44 bits per heavy atom. The molecule has 1 aromatic heterocycles. The van der Waals surface area contributed by atoms with E-state index in [0.29, 0.717) is 24.5 Å². The molecule has 148 valence electrons. The summed E-state index contributed by atoms with van der Waals surface area (Å²) in [6.07, 6.45) is 1.28. The van der Waals surface area contributed by atoms with Gasteiger partial charge in [0, 0.05) is 17.2 Å². The first-order valence-corrected chi connectivity index (χ1v) is 9.81. The molecule has 0 spiro atoms. The molecule has 2 heterocycles. The Hall–Kier alpha value is -1.86. The molecular formula is C20H28BrN3O3. The molecule has 0 radical (unpaired) electrons. The van der Waals surface area contributed by atoms with E-state index in [0.717, 1.165) is 15.5 Å². The number of fused-ring (bicyclic) bond motifs is 1. The highest BCUT2D eigenvalue weighted by molar-refractivity contribution is 9.10. The van der Waals surface area contributed by atoms with Crippen LogP contribution in [0, 0.1) is 5.92 Å². The predicted octanol–water partition coefficient (Wildman–Crippen LogP) is 3.48. The van der Waals surface area contributed by atoms with Gasteiger partial charge in [-0.25, -0.2) is 4.79 Å². The number of benzene rings is 1. The Kier molecular flexibility index (Phi) is 6.37. The highest BCUT2D eigenvalue weighted by atomic mass is 79.9. The lowest BCUT2D eigenvalue weighted by atomic mass is 9.95. The van der Waals surface area contributed by atoms with E-state index >= 15 is 0 Å². The number of aryl methyl sites for hydroxylation is 1. The summed E-state index contributed by atoms with van der Waals surface area (Å²) in [5.41, 5.74) is 1.59. The average molecular weight is 438 g/mol. The molecule has 7 heteroatoms. The SMILES string of the molecule is C=C1CCC(n2c(=O)n(C)c3c(Br)cccc32)C(=O)N1.CC(C)C(C)(C)O. The minimum atomic E-state index is -0.500. The molecule has 1 aliphatic heterocycles.